The number of nitrogens with zero attached hydrogens (tertiary/aromatic N) is 1. The molecule has 90 valence electrons. The van der Waals surface area contributed by atoms with Crippen LogP contribution in [0.15, 0.2) is 0 Å². The smallest absolute Gasteiger partial charge is 0.326 e. The Kier molecular flexibility index (Phi) is 3.14. The molecule has 0 aromatic carbocycles. The van der Waals surface area contributed by atoms with Gasteiger partial charge < -0.3 is 14.7 Å². The number of likely N-dealkylation sites (tertiary alicyclic amines) is 1. The molecule has 16 heavy (non-hydrogen) atoms. The molecule has 0 aromatic heterocycles. The molecular formula is C11H17NO4. The highest BCUT2D eigenvalue weighted by Gasteiger charge is 2.48. The van der Waals surface area contributed by atoms with Crippen LogP contribution in [0.3, 0.4) is 0 Å². The number of rotatable bonds is 4. The van der Waals surface area contributed by atoms with Crippen LogP contribution >= 0.6 is 0 Å². The quantitative estimate of drug-likeness (QED) is 0.759. The average Bonchev–Trinajstić information content (AvgIpc) is 2.82. The Bertz CT molecular complexity index is 304. The van der Waals surface area contributed by atoms with Gasteiger partial charge in [0.15, 0.2) is 0 Å². The van der Waals surface area contributed by atoms with Gasteiger partial charge in [0.2, 0.25) is 5.91 Å². The van der Waals surface area contributed by atoms with Crippen LogP contribution in [0.2, 0.25) is 0 Å². The third-order valence-corrected chi connectivity index (χ3v) is 3.25. The summed E-state index contributed by atoms with van der Waals surface area (Å²) in [6, 6.07) is -0.615. The number of hydrogen-bond acceptors (Lipinski definition) is 3. The molecule has 1 N–H and O–H groups in total. The molecular weight excluding hydrogens is 210 g/mol. The van der Waals surface area contributed by atoms with Crippen molar-refractivity contribution in [2.24, 2.45) is 5.92 Å². The predicted octanol–water partition coefficient (Wildman–Crippen LogP) is 0.487. The van der Waals surface area contributed by atoms with E-state index in [4.69, 9.17) is 9.84 Å². The number of carboxylic acid groups (broad SMARTS) is 1. The van der Waals surface area contributed by atoms with Crippen molar-refractivity contribution < 1.29 is 19.4 Å². The molecule has 0 spiro atoms. The summed E-state index contributed by atoms with van der Waals surface area (Å²) in [4.78, 5) is 24.4. The minimum atomic E-state index is -0.889. The van der Waals surface area contributed by atoms with Crippen molar-refractivity contribution >= 4 is 11.9 Å². The van der Waals surface area contributed by atoms with Crippen LogP contribution in [0.25, 0.3) is 0 Å². The lowest BCUT2D eigenvalue weighted by atomic mass is 10.2. The minimum absolute atomic E-state index is 0.0209. The standard InChI is InChI=1S/C11H17NO4/c1-2-16-9-6-7(9)10(13)12-5-3-4-8(12)11(14)15/h7-9H,2-6H2,1H3,(H,14,15)/t7?,8-,9?/m1/s1. The highest BCUT2D eigenvalue weighted by Crippen LogP contribution is 2.37. The molecule has 0 radical (unpaired) electrons. The number of ether oxygens (including phenoxy) is 1. The Morgan fingerprint density at radius 1 is 1.50 bits per heavy atom. The van der Waals surface area contributed by atoms with Crippen molar-refractivity contribution in [2.75, 3.05) is 13.2 Å². The Hall–Kier alpha value is -1.10. The van der Waals surface area contributed by atoms with Gasteiger partial charge in [-0.25, -0.2) is 4.79 Å². The Morgan fingerprint density at radius 2 is 2.25 bits per heavy atom. The van der Waals surface area contributed by atoms with E-state index in [2.05, 4.69) is 0 Å². The lowest BCUT2D eigenvalue weighted by Gasteiger charge is -2.21. The number of carbonyl (C=O) groups is 2. The van der Waals surface area contributed by atoms with Gasteiger partial charge in [-0.2, -0.15) is 0 Å². The first-order chi connectivity index (χ1) is 7.65. The normalized spacial score (nSPS) is 32.8. The van der Waals surface area contributed by atoms with Gasteiger partial charge in [0.05, 0.1) is 12.0 Å². The first kappa shape index (κ1) is 11.4. The molecule has 2 rings (SSSR count). The maximum Gasteiger partial charge on any atom is 0.326 e. The molecule has 1 aliphatic carbocycles. The molecule has 1 aliphatic heterocycles. The van der Waals surface area contributed by atoms with Gasteiger partial charge in [-0.1, -0.05) is 0 Å². The first-order valence-electron chi connectivity index (χ1n) is 5.80. The molecule has 1 saturated carbocycles. The number of amides is 1. The van der Waals surface area contributed by atoms with Crippen molar-refractivity contribution in [1.29, 1.82) is 0 Å². The maximum atomic E-state index is 12.0. The van der Waals surface area contributed by atoms with Gasteiger partial charge in [-0.05, 0) is 26.2 Å². The summed E-state index contributed by atoms with van der Waals surface area (Å²) in [6.45, 7) is 3.08. The molecule has 0 aromatic rings. The molecule has 3 atom stereocenters. The summed E-state index contributed by atoms with van der Waals surface area (Å²) in [7, 11) is 0. The van der Waals surface area contributed by atoms with Crippen molar-refractivity contribution in [3.63, 3.8) is 0 Å². The SMILES string of the molecule is CCOC1CC1C(=O)N1CCC[C@@H]1C(=O)O. The molecule has 1 heterocycles. The molecule has 1 amide bonds. The molecule has 5 heteroatoms. The van der Waals surface area contributed by atoms with Crippen LogP contribution in [-0.4, -0.2) is 47.2 Å². The van der Waals surface area contributed by atoms with Crippen LogP contribution in [0.1, 0.15) is 26.2 Å². The minimum Gasteiger partial charge on any atom is -0.480 e. The van der Waals surface area contributed by atoms with E-state index in [1.165, 1.54) is 4.90 Å². The summed E-state index contributed by atoms with van der Waals surface area (Å²) >= 11 is 0. The van der Waals surface area contributed by atoms with Gasteiger partial charge in [0, 0.05) is 13.2 Å². The number of hydrogen-bond donors (Lipinski definition) is 1. The van der Waals surface area contributed by atoms with Crippen molar-refractivity contribution in [3.05, 3.63) is 0 Å². The van der Waals surface area contributed by atoms with E-state index in [9.17, 15) is 9.59 Å². The second-order valence-electron chi connectivity index (χ2n) is 4.36. The zero-order valence-electron chi connectivity index (χ0n) is 9.39. The zero-order chi connectivity index (χ0) is 11.7. The van der Waals surface area contributed by atoms with Gasteiger partial charge in [-0.3, -0.25) is 4.79 Å². The van der Waals surface area contributed by atoms with Crippen LogP contribution in [0.4, 0.5) is 0 Å². The monoisotopic (exact) mass is 227 g/mol. The Balaban J connectivity index is 1.92. The predicted molar refractivity (Wildman–Crippen MR) is 55.9 cm³/mol. The third kappa shape index (κ3) is 2.04. The molecule has 1 saturated heterocycles. The van der Waals surface area contributed by atoms with Crippen LogP contribution in [-0.2, 0) is 14.3 Å². The highest BCUT2D eigenvalue weighted by molar-refractivity contribution is 5.87. The van der Waals surface area contributed by atoms with E-state index in [-0.39, 0.29) is 17.9 Å². The maximum absolute atomic E-state index is 12.0. The molecule has 2 fully saturated rings. The zero-order valence-corrected chi connectivity index (χ0v) is 9.39. The fraction of sp³-hybridized carbons (Fsp3) is 0.818. The van der Waals surface area contributed by atoms with E-state index in [0.717, 1.165) is 12.8 Å². The highest BCUT2D eigenvalue weighted by atomic mass is 16.5. The Morgan fingerprint density at radius 3 is 2.88 bits per heavy atom. The summed E-state index contributed by atoms with van der Waals surface area (Å²) in [5.74, 6) is -1.03. The second kappa shape index (κ2) is 4.41. The fourth-order valence-corrected chi connectivity index (χ4v) is 2.33. The van der Waals surface area contributed by atoms with E-state index in [1.54, 1.807) is 0 Å². The van der Waals surface area contributed by atoms with Gasteiger partial charge in [-0.15, -0.1) is 0 Å². The lowest BCUT2D eigenvalue weighted by molar-refractivity contribution is -0.149. The van der Waals surface area contributed by atoms with E-state index >= 15 is 0 Å². The first-order valence-corrected chi connectivity index (χ1v) is 5.80. The van der Waals surface area contributed by atoms with Crippen LogP contribution in [0.5, 0.6) is 0 Å². The summed E-state index contributed by atoms with van der Waals surface area (Å²) < 4.78 is 5.35. The molecule has 2 unspecified atom stereocenters. The summed E-state index contributed by atoms with van der Waals surface area (Å²) in [5, 5.41) is 8.98. The van der Waals surface area contributed by atoms with Crippen molar-refractivity contribution in [2.45, 2.75) is 38.3 Å². The molecule has 0 bridgehead atoms. The number of carboxylic acids is 1. The van der Waals surface area contributed by atoms with Gasteiger partial charge in [0.25, 0.3) is 0 Å². The lowest BCUT2D eigenvalue weighted by Crippen LogP contribution is -2.41. The van der Waals surface area contributed by atoms with Gasteiger partial charge in [0.1, 0.15) is 6.04 Å². The fourth-order valence-electron chi connectivity index (χ4n) is 2.33. The van der Waals surface area contributed by atoms with Crippen LogP contribution in [0, 0.1) is 5.92 Å². The van der Waals surface area contributed by atoms with E-state index in [0.29, 0.717) is 19.6 Å². The Labute approximate surface area is 94.4 Å². The van der Waals surface area contributed by atoms with E-state index in [1.807, 2.05) is 6.92 Å². The number of aliphatic carboxylic acids is 1. The molecule has 2 aliphatic rings. The van der Waals surface area contributed by atoms with Crippen molar-refractivity contribution in [3.8, 4) is 0 Å². The van der Waals surface area contributed by atoms with E-state index < -0.39 is 12.0 Å². The van der Waals surface area contributed by atoms with Crippen LogP contribution < -0.4 is 0 Å². The second-order valence-corrected chi connectivity index (χ2v) is 4.36. The summed E-state index contributed by atoms with van der Waals surface area (Å²) in [6.07, 6.45) is 2.13. The van der Waals surface area contributed by atoms with Gasteiger partial charge >= 0.3 is 5.97 Å². The number of carbonyl (C=O) groups excluding carboxylic acids is 1. The summed E-state index contributed by atoms with van der Waals surface area (Å²) in [5.41, 5.74) is 0. The molecule has 5 nitrogen and oxygen atoms in total. The average molecular weight is 227 g/mol. The largest absolute Gasteiger partial charge is 0.480 e. The topological polar surface area (TPSA) is 66.8 Å². The van der Waals surface area contributed by atoms with Crippen molar-refractivity contribution in [1.82, 2.24) is 4.90 Å². The third-order valence-electron chi connectivity index (χ3n) is 3.25.